The average Bonchev–Trinajstić information content (AvgIpc) is 2.16. The quantitative estimate of drug-likeness (QED) is 0.426. The molecule has 0 nitrogen and oxygen atoms in total. The number of hydrogen-bond acceptors (Lipinski definition) is 1. The minimum atomic E-state index is 0. The van der Waals surface area contributed by atoms with E-state index >= 15 is 0 Å². The van der Waals surface area contributed by atoms with Crippen LogP contribution in [-0.2, 0) is 0 Å². The molecule has 0 fully saturated rings. The van der Waals surface area contributed by atoms with Gasteiger partial charge < -0.3 is 0 Å². The largest absolute Gasteiger partial charge is 0.179 e. The molecule has 0 aliphatic heterocycles. The Labute approximate surface area is 129 Å². The first kappa shape index (κ1) is 18.1. The molecule has 0 atom stereocenters. The van der Waals surface area contributed by atoms with Crippen molar-refractivity contribution in [2.45, 2.75) is 71.1 Å². The van der Waals surface area contributed by atoms with Crippen molar-refractivity contribution in [1.29, 1.82) is 0 Å². The van der Waals surface area contributed by atoms with E-state index in [1.807, 2.05) is 0 Å². The second kappa shape index (κ2) is 17.1. The molecule has 2 heteroatoms. The number of rotatable bonds is 10. The first-order valence-corrected chi connectivity index (χ1v) is 6.66. The van der Waals surface area contributed by atoms with Crippen molar-refractivity contribution < 1.29 is 41.3 Å². The number of hydrogen-bond donors (Lipinski definition) is 1. The predicted molar refractivity (Wildman–Crippen MR) is 65.7 cm³/mol. The van der Waals surface area contributed by atoms with Gasteiger partial charge in [-0.25, -0.2) is 0 Å². The molecule has 0 saturated heterocycles. The second-order valence-corrected chi connectivity index (χ2v) is 4.35. The maximum absolute atomic E-state index is 4.20. The molecular weight excluding hydrogens is 317 g/mol. The molecule has 0 bridgehead atoms. The Kier molecular flexibility index (Phi) is 22.1. The molecule has 0 aliphatic rings. The fourth-order valence-electron chi connectivity index (χ4n) is 1.60. The van der Waals surface area contributed by atoms with Gasteiger partial charge in [-0.1, -0.05) is 64.7 Å². The van der Waals surface area contributed by atoms with Crippen LogP contribution >= 0.6 is 12.6 Å². The zero-order chi connectivity index (χ0) is 9.78. The van der Waals surface area contributed by atoms with Crippen LogP contribution in [0.2, 0.25) is 0 Å². The third-order valence-corrected chi connectivity index (χ3v) is 2.83. The van der Waals surface area contributed by atoms with Crippen LogP contribution in [0.3, 0.4) is 0 Å². The van der Waals surface area contributed by atoms with E-state index in [4.69, 9.17) is 0 Å². The summed E-state index contributed by atoms with van der Waals surface area (Å²) in [6.07, 6.45) is 14.2. The van der Waals surface area contributed by atoms with Gasteiger partial charge in [-0.3, -0.25) is 0 Å². The predicted octanol–water partition coefficient (Wildman–Crippen LogP) is 4.84. The smallest absolute Gasteiger partial charge is 0 e. The fourth-order valence-corrected chi connectivity index (χ4v) is 1.82. The van der Waals surface area contributed by atoms with Crippen molar-refractivity contribution in [3.8, 4) is 0 Å². The summed E-state index contributed by atoms with van der Waals surface area (Å²) in [4.78, 5) is 0. The minimum absolute atomic E-state index is 0. The van der Waals surface area contributed by atoms with Crippen molar-refractivity contribution >= 4 is 12.6 Å². The average molecular weight is 343 g/mol. The Hall–Kier alpha value is 1.71. The zero-order valence-corrected chi connectivity index (χ0v) is 14.4. The Morgan fingerprint density at radius 1 is 0.643 bits per heavy atom. The van der Waals surface area contributed by atoms with E-state index in [-0.39, 0.29) is 41.3 Å². The van der Waals surface area contributed by atoms with E-state index in [2.05, 4.69) is 19.6 Å². The molecular formula is C12H26PrS. The van der Waals surface area contributed by atoms with Crippen molar-refractivity contribution in [2.24, 2.45) is 0 Å². The van der Waals surface area contributed by atoms with E-state index in [9.17, 15) is 0 Å². The molecule has 0 unspecified atom stereocenters. The van der Waals surface area contributed by atoms with Crippen LogP contribution in [0.1, 0.15) is 71.1 Å². The normalized spacial score (nSPS) is 9.86. The molecule has 0 aromatic rings. The standard InChI is InChI=1S/C12H26S.Pr/c1-2-3-4-5-6-7-8-9-10-11-12-13;/h13H,2-12H2,1H3;. The maximum Gasteiger partial charge on any atom is 0 e. The zero-order valence-electron chi connectivity index (χ0n) is 9.80. The Morgan fingerprint density at radius 2 is 1.00 bits per heavy atom. The molecule has 0 aliphatic carbocycles. The van der Waals surface area contributed by atoms with Gasteiger partial charge in [0.15, 0.2) is 0 Å². The van der Waals surface area contributed by atoms with Crippen molar-refractivity contribution in [1.82, 2.24) is 0 Å². The van der Waals surface area contributed by atoms with Crippen LogP contribution in [0.5, 0.6) is 0 Å². The summed E-state index contributed by atoms with van der Waals surface area (Å²) in [5, 5.41) is 0. The number of unbranched alkanes of at least 4 members (excludes halogenated alkanes) is 9. The first-order valence-electron chi connectivity index (χ1n) is 6.02. The van der Waals surface area contributed by atoms with Crippen LogP contribution in [0, 0.1) is 41.3 Å². The van der Waals surface area contributed by atoms with Gasteiger partial charge in [0.25, 0.3) is 0 Å². The summed E-state index contributed by atoms with van der Waals surface area (Å²) in [5.74, 6) is 1.07. The van der Waals surface area contributed by atoms with Gasteiger partial charge in [0.1, 0.15) is 0 Å². The van der Waals surface area contributed by atoms with E-state index < -0.39 is 0 Å². The van der Waals surface area contributed by atoms with E-state index in [0.29, 0.717) is 0 Å². The van der Waals surface area contributed by atoms with E-state index in [1.54, 1.807) is 0 Å². The monoisotopic (exact) mass is 343 g/mol. The summed E-state index contributed by atoms with van der Waals surface area (Å²) in [6.45, 7) is 2.28. The Morgan fingerprint density at radius 3 is 1.36 bits per heavy atom. The Bertz CT molecular complexity index is 76.4. The SMILES string of the molecule is CCCCCCCCCCCCS.[Pr]. The molecule has 0 rings (SSSR count). The summed E-state index contributed by atoms with van der Waals surface area (Å²) >= 11 is 4.20. The van der Waals surface area contributed by atoms with Crippen molar-refractivity contribution in [3.05, 3.63) is 0 Å². The van der Waals surface area contributed by atoms with Crippen molar-refractivity contribution in [3.63, 3.8) is 0 Å². The molecule has 0 spiro atoms. The molecule has 0 saturated carbocycles. The maximum atomic E-state index is 4.20. The van der Waals surface area contributed by atoms with Crippen LogP contribution < -0.4 is 0 Å². The van der Waals surface area contributed by atoms with Gasteiger partial charge in [-0.05, 0) is 12.2 Å². The fraction of sp³-hybridized carbons (Fsp3) is 1.00. The molecule has 0 aromatic carbocycles. The van der Waals surface area contributed by atoms with Gasteiger partial charge >= 0.3 is 0 Å². The summed E-state index contributed by atoms with van der Waals surface area (Å²) < 4.78 is 0. The molecule has 0 amide bonds. The van der Waals surface area contributed by atoms with Crippen LogP contribution in [-0.4, -0.2) is 5.75 Å². The van der Waals surface area contributed by atoms with Gasteiger partial charge in [-0.15, -0.1) is 0 Å². The van der Waals surface area contributed by atoms with E-state index in [1.165, 1.54) is 64.2 Å². The van der Waals surface area contributed by atoms with Crippen molar-refractivity contribution in [2.75, 3.05) is 5.75 Å². The van der Waals surface area contributed by atoms with E-state index in [0.717, 1.165) is 5.75 Å². The van der Waals surface area contributed by atoms with Gasteiger partial charge in [0.05, 0.1) is 0 Å². The minimum Gasteiger partial charge on any atom is -0.179 e. The molecule has 0 heterocycles. The molecule has 83 valence electrons. The molecule has 0 aromatic heterocycles. The first-order chi connectivity index (χ1) is 6.41. The topological polar surface area (TPSA) is 0 Å². The third-order valence-electron chi connectivity index (χ3n) is 2.51. The van der Waals surface area contributed by atoms with Crippen LogP contribution in [0.15, 0.2) is 0 Å². The summed E-state index contributed by atoms with van der Waals surface area (Å²) in [5.41, 5.74) is 0. The number of thiol groups is 1. The van der Waals surface area contributed by atoms with Crippen LogP contribution in [0.4, 0.5) is 0 Å². The second-order valence-electron chi connectivity index (χ2n) is 3.91. The molecule has 0 N–H and O–H groups in total. The van der Waals surface area contributed by atoms with Gasteiger partial charge in [0.2, 0.25) is 0 Å². The Balaban J connectivity index is 0. The van der Waals surface area contributed by atoms with Gasteiger partial charge in [0, 0.05) is 41.3 Å². The third kappa shape index (κ3) is 16.2. The van der Waals surface area contributed by atoms with Crippen LogP contribution in [0.25, 0.3) is 0 Å². The summed E-state index contributed by atoms with van der Waals surface area (Å²) in [7, 11) is 0. The van der Waals surface area contributed by atoms with Gasteiger partial charge in [-0.2, -0.15) is 12.6 Å². The summed E-state index contributed by atoms with van der Waals surface area (Å²) in [6, 6.07) is 0. The molecule has 1 radical (unpaired) electrons. The molecule has 14 heavy (non-hydrogen) atoms.